The average molecular weight is 522 g/mol. The van der Waals surface area contributed by atoms with E-state index >= 15 is 0 Å². The van der Waals surface area contributed by atoms with Crippen molar-refractivity contribution in [3.8, 4) is 11.1 Å². The van der Waals surface area contributed by atoms with Crippen LogP contribution in [0.4, 0.5) is 5.69 Å². The molecule has 1 N–H and O–H groups in total. The molecule has 1 atom stereocenters. The molecule has 1 aromatic heterocycles. The summed E-state index contributed by atoms with van der Waals surface area (Å²) in [4.78, 5) is 46.2. The molecule has 0 aliphatic rings. The first-order valence-electron chi connectivity index (χ1n) is 12.8. The van der Waals surface area contributed by atoms with Crippen molar-refractivity contribution in [2.45, 2.75) is 19.3 Å². The molecule has 0 radical (unpaired) electrons. The van der Waals surface area contributed by atoms with Gasteiger partial charge in [0.25, 0.3) is 11.8 Å². The number of amides is 2. The van der Waals surface area contributed by atoms with Gasteiger partial charge in [-0.15, -0.1) is 0 Å². The molecule has 4 aromatic rings. The van der Waals surface area contributed by atoms with Gasteiger partial charge in [-0.1, -0.05) is 73.7 Å². The van der Waals surface area contributed by atoms with Crippen LogP contribution in [0.5, 0.6) is 0 Å². The van der Waals surface area contributed by atoms with Gasteiger partial charge in [0.2, 0.25) is 0 Å². The summed E-state index contributed by atoms with van der Waals surface area (Å²) in [6.45, 7) is 2.45. The molecule has 3 aromatic carbocycles. The molecular formula is C32H31N3O4. The van der Waals surface area contributed by atoms with Gasteiger partial charge in [-0.3, -0.25) is 19.4 Å². The molecule has 0 fully saturated rings. The van der Waals surface area contributed by atoms with E-state index in [0.717, 1.165) is 5.56 Å². The van der Waals surface area contributed by atoms with Gasteiger partial charge in [0.05, 0.1) is 18.3 Å². The number of hydrogen-bond donors (Lipinski definition) is 1. The maximum atomic E-state index is 14.0. The van der Waals surface area contributed by atoms with Crippen molar-refractivity contribution < 1.29 is 19.5 Å². The molecule has 7 nitrogen and oxygen atoms in total. The lowest BCUT2D eigenvalue weighted by Crippen LogP contribution is -2.36. The quantitative estimate of drug-likeness (QED) is 0.287. The van der Waals surface area contributed by atoms with Crippen LogP contribution in [0.25, 0.3) is 11.1 Å². The fraction of sp³-hybridized carbons (Fsp3) is 0.188. The van der Waals surface area contributed by atoms with Crippen LogP contribution in [0.2, 0.25) is 0 Å². The molecule has 0 bridgehead atoms. The number of carboxylic acid groups (broad SMARTS) is 1. The van der Waals surface area contributed by atoms with Crippen molar-refractivity contribution in [1.82, 2.24) is 9.88 Å². The first kappa shape index (κ1) is 27.3. The minimum atomic E-state index is -0.970. The van der Waals surface area contributed by atoms with E-state index in [-0.39, 0.29) is 30.7 Å². The molecule has 0 saturated heterocycles. The number of rotatable bonds is 10. The third-order valence-electron chi connectivity index (χ3n) is 6.69. The van der Waals surface area contributed by atoms with E-state index in [1.807, 2.05) is 61.5 Å². The number of carboxylic acids is 1. The van der Waals surface area contributed by atoms with Gasteiger partial charge in [-0.2, -0.15) is 0 Å². The van der Waals surface area contributed by atoms with Crippen LogP contribution in [-0.2, 0) is 4.79 Å². The van der Waals surface area contributed by atoms with Gasteiger partial charge >= 0.3 is 5.97 Å². The van der Waals surface area contributed by atoms with E-state index in [2.05, 4.69) is 4.98 Å². The Bertz CT molecular complexity index is 1440. The first-order valence-corrected chi connectivity index (χ1v) is 12.8. The van der Waals surface area contributed by atoms with Crippen molar-refractivity contribution in [3.63, 3.8) is 0 Å². The normalized spacial score (nSPS) is 11.4. The molecule has 4 rings (SSSR count). The molecule has 7 heteroatoms. The lowest BCUT2D eigenvalue weighted by Gasteiger charge is -2.27. The van der Waals surface area contributed by atoms with Gasteiger partial charge in [0.15, 0.2) is 0 Å². The molecule has 1 unspecified atom stereocenters. The lowest BCUT2D eigenvalue weighted by molar-refractivity contribution is -0.137. The Morgan fingerprint density at radius 2 is 1.38 bits per heavy atom. The second kappa shape index (κ2) is 12.6. The summed E-state index contributed by atoms with van der Waals surface area (Å²) >= 11 is 0. The summed E-state index contributed by atoms with van der Waals surface area (Å²) in [6, 6.07) is 27.7. The van der Waals surface area contributed by atoms with Gasteiger partial charge in [-0.25, -0.2) is 0 Å². The first-order chi connectivity index (χ1) is 18.9. The van der Waals surface area contributed by atoms with Crippen molar-refractivity contribution in [1.29, 1.82) is 0 Å². The molecule has 2 amide bonds. The lowest BCUT2D eigenvalue weighted by atomic mass is 9.93. The Morgan fingerprint density at radius 3 is 1.97 bits per heavy atom. The number of aromatic nitrogens is 1. The summed E-state index contributed by atoms with van der Waals surface area (Å²) < 4.78 is 0. The average Bonchev–Trinajstić information content (AvgIpc) is 2.98. The van der Waals surface area contributed by atoms with E-state index in [1.165, 1.54) is 4.90 Å². The number of pyridine rings is 1. The Balaban J connectivity index is 1.70. The predicted molar refractivity (Wildman–Crippen MR) is 152 cm³/mol. The van der Waals surface area contributed by atoms with E-state index < -0.39 is 5.97 Å². The smallest absolute Gasteiger partial charge is 0.305 e. The second-order valence-electron chi connectivity index (χ2n) is 9.37. The van der Waals surface area contributed by atoms with E-state index in [1.54, 1.807) is 60.7 Å². The molecule has 1 heterocycles. The Labute approximate surface area is 228 Å². The second-order valence-corrected chi connectivity index (χ2v) is 9.37. The molecule has 0 spiro atoms. The number of aliphatic carboxylic acids is 1. The van der Waals surface area contributed by atoms with Gasteiger partial charge in [0, 0.05) is 37.5 Å². The zero-order valence-corrected chi connectivity index (χ0v) is 22.0. The third-order valence-corrected chi connectivity index (χ3v) is 6.69. The number of nitrogens with zero attached hydrogens (tertiary/aromatic N) is 3. The summed E-state index contributed by atoms with van der Waals surface area (Å²) in [6.07, 6.45) is 3.10. The Hall–Kier alpha value is -4.78. The van der Waals surface area contributed by atoms with Crippen LogP contribution in [0.1, 0.15) is 45.5 Å². The van der Waals surface area contributed by atoms with Crippen LogP contribution in [0.3, 0.4) is 0 Å². The van der Waals surface area contributed by atoms with Gasteiger partial charge < -0.3 is 14.9 Å². The number of carbonyl (C=O) groups is 3. The van der Waals surface area contributed by atoms with Crippen LogP contribution in [-0.4, -0.2) is 52.9 Å². The van der Waals surface area contributed by atoms with E-state index in [0.29, 0.717) is 34.5 Å². The van der Waals surface area contributed by atoms with Gasteiger partial charge in [-0.05, 0) is 46.9 Å². The number of carbonyl (C=O) groups excluding carboxylic acids is 2. The minimum Gasteiger partial charge on any atom is -0.481 e. The van der Waals surface area contributed by atoms with E-state index in [9.17, 15) is 19.5 Å². The fourth-order valence-electron chi connectivity index (χ4n) is 4.55. The maximum absolute atomic E-state index is 14.0. The molecule has 0 saturated carbocycles. The highest BCUT2D eigenvalue weighted by Crippen LogP contribution is 2.30. The largest absolute Gasteiger partial charge is 0.481 e. The highest BCUT2D eigenvalue weighted by atomic mass is 16.4. The molecule has 0 aliphatic carbocycles. The number of anilines is 1. The fourth-order valence-corrected chi connectivity index (χ4v) is 4.55. The highest BCUT2D eigenvalue weighted by molar-refractivity contribution is 6.11. The van der Waals surface area contributed by atoms with Crippen LogP contribution >= 0.6 is 0 Å². The van der Waals surface area contributed by atoms with Crippen LogP contribution in [0, 0.1) is 0 Å². The zero-order chi connectivity index (χ0) is 27.8. The topological polar surface area (TPSA) is 90.8 Å². The van der Waals surface area contributed by atoms with Crippen molar-refractivity contribution in [2.24, 2.45) is 0 Å². The third kappa shape index (κ3) is 6.57. The molecule has 0 aliphatic heterocycles. The molecule has 198 valence electrons. The van der Waals surface area contributed by atoms with Crippen molar-refractivity contribution in [3.05, 3.63) is 120 Å². The monoisotopic (exact) mass is 521 g/mol. The maximum Gasteiger partial charge on any atom is 0.305 e. The SMILES string of the molecule is CC(CN(CCC(=O)O)C(=O)c1ccccc1-c1ccccc1C(=O)N(C)c1cccnc1)c1ccccc1. The predicted octanol–water partition coefficient (Wildman–Crippen LogP) is 5.75. The number of benzene rings is 3. The summed E-state index contributed by atoms with van der Waals surface area (Å²) in [5, 5.41) is 9.36. The highest BCUT2D eigenvalue weighted by Gasteiger charge is 2.25. The molecular weight excluding hydrogens is 490 g/mol. The molecule has 39 heavy (non-hydrogen) atoms. The summed E-state index contributed by atoms with van der Waals surface area (Å²) in [7, 11) is 1.69. The van der Waals surface area contributed by atoms with Crippen molar-refractivity contribution in [2.75, 3.05) is 25.0 Å². The Morgan fingerprint density at radius 1 is 0.795 bits per heavy atom. The van der Waals surface area contributed by atoms with Gasteiger partial charge in [0.1, 0.15) is 0 Å². The standard InChI is InChI=1S/C32H31N3O4/c1-23(24-11-4-3-5-12-24)22-35(20-18-30(36)37)32(39)29-17-9-7-15-27(29)26-14-6-8-16-28(26)31(38)34(2)25-13-10-19-33-21-25/h3-17,19,21,23H,18,20,22H2,1-2H3,(H,36,37). The number of hydrogen-bond acceptors (Lipinski definition) is 4. The summed E-state index contributed by atoms with van der Waals surface area (Å²) in [5.41, 5.74) is 3.80. The van der Waals surface area contributed by atoms with E-state index in [4.69, 9.17) is 0 Å². The summed E-state index contributed by atoms with van der Waals surface area (Å²) in [5.74, 6) is -1.49. The van der Waals surface area contributed by atoms with Crippen LogP contribution < -0.4 is 4.90 Å². The zero-order valence-electron chi connectivity index (χ0n) is 22.0. The van der Waals surface area contributed by atoms with Crippen LogP contribution in [0.15, 0.2) is 103 Å². The minimum absolute atomic E-state index is 0.00176. The van der Waals surface area contributed by atoms with Crippen molar-refractivity contribution >= 4 is 23.5 Å². The Kier molecular flexibility index (Phi) is 8.84.